The van der Waals surface area contributed by atoms with Gasteiger partial charge in [0.2, 0.25) is 23.6 Å². The maximum atomic E-state index is 12.5. The van der Waals surface area contributed by atoms with Crippen LogP contribution in [0, 0.1) is 5.92 Å². The van der Waals surface area contributed by atoms with Gasteiger partial charge in [0.05, 0.1) is 12.6 Å². The molecule has 0 spiro atoms. The monoisotopic (exact) mass is 435 g/mol. The summed E-state index contributed by atoms with van der Waals surface area (Å²) < 4.78 is 0. The molecule has 0 saturated carbocycles. The molecule has 29 heavy (non-hydrogen) atoms. The first-order chi connectivity index (χ1) is 13.4. The third kappa shape index (κ3) is 9.58. The Morgan fingerprint density at radius 1 is 0.966 bits per heavy atom. The number of hydrogen-bond donors (Lipinski definition) is 8. The molecular weight excluding hydrogens is 406 g/mol. The molecular formula is C16H29N5O7S. The zero-order valence-electron chi connectivity index (χ0n) is 16.3. The highest BCUT2D eigenvalue weighted by Gasteiger charge is 2.31. The molecule has 0 fully saturated rings. The number of nitrogens with two attached hydrogens (primary N) is 2. The molecule has 166 valence electrons. The average molecular weight is 436 g/mol. The van der Waals surface area contributed by atoms with Gasteiger partial charge < -0.3 is 37.6 Å². The molecule has 0 saturated heterocycles. The Morgan fingerprint density at radius 3 is 1.93 bits per heavy atom. The van der Waals surface area contributed by atoms with E-state index in [0.717, 1.165) is 0 Å². The zero-order valence-corrected chi connectivity index (χ0v) is 17.1. The maximum Gasteiger partial charge on any atom is 0.327 e. The van der Waals surface area contributed by atoms with Crippen LogP contribution in [0.4, 0.5) is 0 Å². The molecule has 13 heteroatoms. The predicted octanol–water partition coefficient (Wildman–Crippen LogP) is -3.30. The van der Waals surface area contributed by atoms with Crippen LogP contribution in [-0.4, -0.2) is 76.3 Å². The maximum absolute atomic E-state index is 12.5. The van der Waals surface area contributed by atoms with E-state index in [9.17, 15) is 29.1 Å². The van der Waals surface area contributed by atoms with Gasteiger partial charge in [-0.1, -0.05) is 13.8 Å². The Labute approximate surface area is 173 Å². The van der Waals surface area contributed by atoms with E-state index < -0.39 is 66.3 Å². The third-order valence-corrected chi connectivity index (χ3v) is 4.26. The van der Waals surface area contributed by atoms with Gasteiger partial charge in [-0.15, -0.1) is 0 Å². The highest BCUT2D eigenvalue weighted by Crippen LogP contribution is 2.05. The topological polar surface area (TPSA) is 214 Å². The number of rotatable bonds is 13. The number of aliphatic carboxylic acids is 1. The quantitative estimate of drug-likeness (QED) is 0.137. The number of thiol groups is 1. The van der Waals surface area contributed by atoms with Crippen LogP contribution in [0.2, 0.25) is 0 Å². The van der Waals surface area contributed by atoms with Crippen LogP contribution in [0.3, 0.4) is 0 Å². The Morgan fingerprint density at radius 2 is 1.52 bits per heavy atom. The van der Waals surface area contributed by atoms with Crippen molar-refractivity contribution in [2.24, 2.45) is 17.4 Å². The number of carbonyl (C=O) groups is 5. The van der Waals surface area contributed by atoms with E-state index in [0.29, 0.717) is 0 Å². The first-order valence-electron chi connectivity index (χ1n) is 8.84. The number of carboxylic acid groups (broad SMARTS) is 1. The Kier molecular flexibility index (Phi) is 11.9. The van der Waals surface area contributed by atoms with Crippen molar-refractivity contribution in [1.29, 1.82) is 0 Å². The van der Waals surface area contributed by atoms with Gasteiger partial charge in [-0.05, 0) is 12.3 Å². The minimum atomic E-state index is -1.44. The van der Waals surface area contributed by atoms with Crippen molar-refractivity contribution in [3.8, 4) is 0 Å². The number of nitrogens with one attached hydrogen (secondary N) is 3. The predicted molar refractivity (Wildman–Crippen MR) is 106 cm³/mol. The summed E-state index contributed by atoms with van der Waals surface area (Å²) in [7, 11) is 0. The van der Waals surface area contributed by atoms with Gasteiger partial charge in [0.1, 0.15) is 18.1 Å². The van der Waals surface area contributed by atoms with E-state index in [1.54, 1.807) is 13.8 Å². The molecule has 0 bridgehead atoms. The second-order valence-corrected chi connectivity index (χ2v) is 7.03. The zero-order chi connectivity index (χ0) is 22.7. The highest BCUT2D eigenvalue weighted by molar-refractivity contribution is 7.80. The van der Waals surface area contributed by atoms with Crippen molar-refractivity contribution < 1.29 is 34.2 Å². The molecule has 0 aromatic heterocycles. The van der Waals surface area contributed by atoms with Gasteiger partial charge in [-0.3, -0.25) is 19.2 Å². The van der Waals surface area contributed by atoms with Crippen molar-refractivity contribution in [1.82, 2.24) is 16.0 Å². The first-order valence-corrected chi connectivity index (χ1v) is 9.47. The molecule has 0 aliphatic rings. The number of amides is 4. The fraction of sp³-hybridized carbons (Fsp3) is 0.688. The summed E-state index contributed by atoms with van der Waals surface area (Å²) in [5.41, 5.74) is 10.7. The number of aliphatic hydroxyl groups is 1. The van der Waals surface area contributed by atoms with Crippen LogP contribution >= 0.6 is 12.6 Å². The summed E-state index contributed by atoms with van der Waals surface area (Å²) in [4.78, 5) is 58.5. The Balaban J connectivity index is 5.05. The number of primary amides is 1. The lowest BCUT2D eigenvalue weighted by molar-refractivity contribution is -0.142. The van der Waals surface area contributed by atoms with E-state index in [1.807, 2.05) is 0 Å². The van der Waals surface area contributed by atoms with Crippen molar-refractivity contribution >= 4 is 42.2 Å². The fourth-order valence-electron chi connectivity index (χ4n) is 2.14. The molecule has 0 heterocycles. The van der Waals surface area contributed by atoms with E-state index >= 15 is 0 Å². The number of aliphatic hydroxyl groups excluding tert-OH is 1. The molecule has 0 aromatic carbocycles. The second kappa shape index (κ2) is 13.0. The van der Waals surface area contributed by atoms with Crippen molar-refractivity contribution in [2.45, 2.75) is 50.9 Å². The lowest BCUT2D eigenvalue weighted by atomic mass is 10.0. The normalized spacial score (nSPS) is 15.0. The minimum absolute atomic E-state index is 0.00439. The van der Waals surface area contributed by atoms with Crippen LogP contribution in [-0.2, 0) is 24.0 Å². The van der Waals surface area contributed by atoms with Crippen LogP contribution in [0.15, 0.2) is 0 Å². The molecule has 0 aliphatic heterocycles. The van der Waals surface area contributed by atoms with Gasteiger partial charge >= 0.3 is 5.97 Å². The summed E-state index contributed by atoms with van der Waals surface area (Å²) in [6, 6.07) is -4.91. The van der Waals surface area contributed by atoms with Gasteiger partial charge in [0, 0.05) is 12.2 Å². The van der Waals surface area contributed by atoms with Crippen LogP contribution < -0.4 is 27.4 Å². The molecule has 0 radical (unpaired) electrons. The lowest BCUT2D eigenvalue weighted by Gasteiger charge is -2.26. The fourth-order valence-corrected chi connectivity index (χ4v) is 2.38. The molecule has 4 unspecified atom stereocenters. The van der Waals surface area contributed by atoms with Crippen LogP contribution in [0.5, 0.6) is 0 Å². The summed E-state index contributed by atoms with van der Waals surface area (Å²) in [5, 5.41) is 25.2. The van der Waals surface area contributed by atoms with E-state index in [4.69, 9.17) is 16.6 Å². The molecule has 0 aliphatic carbocycles. The van der Waals surface area contributed by atoms with Crippen LogP contribution in [0.1, 0.15) is 26.7 Å². The van der Waals surface area contributed by atoms with Gasteiger partial charge in [-0.2, -0.15) is 12.6 Å². The summed E-state index contributed by atoms with van der Waals surface area (Å²) in [6.07, 6.45) is -0.106. The van der Waals surface area contributed by atoms with Crippen molar-refractivity contribution in [3.05, 3.63) is 0 Å². The first kappa shape index (κ1) is 26.6. The Hall–Kier alpha value is -2.38. The van der Waals surface area contributed by atoms with E-state index in [1.165, 1.54) is 0 Å². The van der Waals surface area contributed by atoms with Gasteiger partial charge in [-0.25, -0.2) is 4.79 Å². The number of hydrogen-bond acceptors (Lipinski definition) is 8. The van der Waals surface area contributed by atoms with Gasteiger partial charge in [0.25, 0.3) is 0 Å². The van der Waals surface area contributed by atoms with Crippen molar-refractivity contribution in [2.75, 3.05) is 12.4 Å². The molecule has 0 rings (SSSR count). The average Bonchev–Trinajstić information content (AvgIpc) is 2.64. The third-order valence-electron chi connectivity index (χ3n) is 3.90. The van der Waals surface area contributed by atoms with Crippen LogP contribution in [0.25, 0.3) is 0 Å². The van der Waals surface area contributed by atoms with E-state index in [-0.39, 0.29) is 18.6 Å². The summed E-state index contributed by atoms with van der Waals surface area (Å²) in [5.74, 6) is -4.93. The smallest absolute Gasteiger partial charge is 0.327 e. The molecule has 4 amide bonds. The lowest BCUT2D eigenvalue weighted by Crippen LogP contribution is -2.59. The minimum Gasteiger partial charge on any atom is -0.480 e. The van der Waals surface area contributed by atoms with Crippen molar-refractivity contribution in [3.63, 3.8) is 0 Å². The Bertz CT molecular complexity index is 616. The molecule has 12 nitrogen and oxygen atoms in total. The molecule has 0 aromatic rings. The largest absolute Gasteiger partial charge is 0.480 e. The number of carbonyl (C=O) groups excluding carboxylic acids is 4. The molecule has 9 N–H and O–H groups in total. The number of carboxylic acids is 1. The second-order valence-electron chi connectivity index (χ2n) is 6.67. The summed E-state index contributed by atoms with van der Waals surface area (Å²) in [6.45, 7) is 2.47. The standard InChI is InChI=1S/C16H29N5O7S/c1-7(2)12(21-13(24)8(17)3-4-11(18)23)15(26)19-9(5-22)14(25)20-10(6-29)16(27)28/h7-10,12,22,29H,3-6,17H2,1-2H3,(H2,18,23)(H,19,26)(H,20,25)(H,21,24)(H,27,28). The van der Waals surface area contributed by atoms with E-state index in [2.05, 4.69) is 28.6 Å². The molecule has 4 atom stereocenters. The van der Waals surface area contributed by atoms with Gasteiger partial charge in [0.15, 0.2) is 0 Å². The highest BCUT2D eigenvalue weighted by atomic mass is 32.1. The SMILES string of the molecule is CC(C)C(NC(=O)C(N)CCC(N)=O)C(=O)NC(CO)C(=O)NC(CS)C(=O)O. The summed E-state index contributed by atoms with van der Waals surface area (Å²) >= 11 is 3.81.